The number of fused-ring (bicyclic) bond motifs is 1. The summed E-state index contributed by atoms with van der Waals surface area (Å²) >= 11 is 0. The third-order valence-electron chi connectivity index (χ3n) is 7.80. The molecule has 2 aromatic heterocycles. The molecular formula is C30H34N8O2. The topological polar surface area (TPSA) is 125 Å². The molecule has 10 nitrogen and oxygen atoms in total. The van der Waals surface area contributed by atoms with E-state index in [9.17, 15) is 4.79 Å². The fourth-order valence-corrected chi connectivity index (χ4v) is 5.61. The van der Waals surface area contributed by atoms with Gasteiger partial charge in [0.15, 0.2) is 5.82 Å². The van der Waals surface area contributed by atoms with Crippen molar-refractivity contribution >= 4 is 28.5 Å². The molecule has 1 atom stereocenters. The zero-order valence-electron chi connectivity index (χ0n) is 22.4. The highest BCUT2D eigenvalue weighted by molar-refractivity contribution is 6.16. The molecule has 0 spiro atoms. The van der Waals surface area contributed by atoms with Gasteiger partial charge in [0, 0.05) is 61.7 Å². The molecule has 2 fully saturated rings. The maximum atomic E-state index is 13.0. The number of likely N-dealkylation sites (tertiary alicyclic amines) is 1. The first-order chi connectivity index (χ1) is 19.6. The van der Waals surface area contributed by atoms with Crippen LogP contribution in [0.4, 0.5) is 5.82 Å². The summed E-state index contributed by atoms with van der Waals surface area (Å²) < 4.78 is 7.27. The van der Waals surface area contributed by atoms with Gasteiger partial charge >= 0.3 is 0 Å². The van der Waals surface area contributed by atoms with Gasteiger partial charge in [-0.05, 0) is 29.7 Å². The number of nitrogens with one attached hydrogen (secondary N) is 2. The summed E-state index contributed by atoms with van der Waals surface area (Å²) in [6, 6.07) is 12.3. The van der Waals surface area contributed by atoms with Gasteiger partial charge in [-0.25, -0.2) is 9.50 Å². The second kappa shape index (κ2) is 11.4. The lowest BCUT2D eigenvalue weighted by atomic mass is 9.95. The van der Waals surface area contributed by atoms with Crippen LogP contribution in [0.3, 0.4) is 0 Å². The van der Waals surface area contributed by atoms with E-state index in [1.165, 1.54) is 11.9 Å². The molecule has 4 heterocycles. The fourth-order valence-electron chi connectivity index (χ4n) is 5.61. The van der Waals surface area contributed by atoms with Crippen molar-refractivity contribution in [3.8, 4) is 0 Å². The highest BCUT2D eigenvalue weighted by atomic mass is 16.5. The Morgan fingerprint density at radius 1 is 1.18 bits per heavy atom. The van der Waals surface area contributed by atoms with Gasteiger partial charge in [0.1, 0.15) is 11.8 Å². The molecule has 0 bridgehead atoms. The molecule has 3 aliphatic rings. The van der Waals surface area contributed by atoms with Crippen molar-refractivity contribution in [3.05, 3.63) is 89.5 Å². The number of benzene rings is 1. The SMILES string of the molecule is N=C1C=C(c2cc(C3CCN(C(=O)CN4CCOCC4)C3)n3ncnc(N)c23)C=C/C1=C/NCc1ccccc1. The standard InChI is InChI=1S/C30H34N8O2/c31-26-14-22(6-7-23(26)17-33-16-21-4-2-1-3-5-21)25-15-27(38-29(25)30(32)34-20-35-38)24-8-9-37(18-24)28(39)19-36-10-12-40-13-11-36/h1-7,14-15,17,20,24,31,33H,8-13,16,18-19H2,(H2,32,34,35)/b23-17-,31-26?. The van der Waals surface area contributed by atoms with Gasteiger partial charge in [-0.3, -0.25) is 9.69 Å². The van der Waals surface area contributed by atoms with Crippen molar-refractivity contribution < 1.29 is 9.53 Å². The molecule has 3 aromatic rings. The van der Waals surface area contributed by atoms with E-state index in [1.54, 1.807) is 0 Å². The number of nitrogen functional groups attached to an aromatic ring is 1. The molecule has 4 N–H and O–H groups in total. The number of anilines is 1. The van der Waals surface area contributed by atoms with Crippen LogP contribution in [0.5, 0.6) is 0 Å². The fraction of sp³-hybridized carbons (Fsp3) is 0.333. The number of carbonyl (C=O) groups is 1. The van der Waals surface area contributed by atoms with Crippen molar-refractivity contribution in [1.29, 1.82) is 5.41 Å². The van der Waals surface area contributed by atoms with E-state index in [-0.39, 0.29) is 11.8 Å². The highest BCUT2D eigenvalue weighted by Gasteiger charge is 2.32. The van der Waals surface area contributed by atoms with Crippen molar-refractivity contribution in [3.63, 3.8) is 0 Å². The van der Waals surface area contributed by atoms with Crippen LogP contribution in [0.25, 0.3) is 11.1 Å². The molecule has 1 unspecified atom stereocenters. The third kappa shape index (κ3) is 5.41. The summed E-state index contributed by atoms with van der Waals surface area (Å²) in [6.07, 6.45) is 10.0. The summed E-state index contributed by atoms with van der Waals surface area (Å²) in [6.45, 7) is 5.43. The Morgan fingerprint density at radius 3 is 2.80 bits per heavy atom. The van der Waals surface area contributed by atoms with E-state index in [0.29, 0.717) is 50.9 Å². The number of hydrogen-bond acceptors (Lipinski definition) is 8. The average Bonchev–Trinajstić information content (AvgIpc) is 3.61. The van der Waals surface area contributed by atoms with Crippen LogP contribution in [0, 0.1) is 5.41 Å². The number of aromatic nitrogens is 3. The molecule has 206 valence electrons. The Balaban J connectivity index is 1.19. The summed E-state index contributed by atoms with van der Waals surface area (Å²) in [7, 11) is 0. The zero-order chi connectivity index (χ0) is 27.5. The van der Waals surface area contributed by atoms with Crippen molar-refractivity contribution in [2.45, 2.75) is 18.9 Å². The Kier molecular flexibility index (Phi) is 7.43. The van der Waals surface area contributed by atoms with Gasteiger partial charge < -0.3 is 26.1 Å². The van der Waals surface area contributed by atoms with Gasteiger partial charge in [0.05, 0.1) is 25.5 Å². The first kappa shape index (κ1) is 26.0. The molecule has 40 heavy (non-hydrogen) atoms. The summed E-state index contributed by atoms with van der Waals surface area (Å²) in [5.41, 5.74) is 12.3. The lowest BCUT2D eigenvalue weighted by Crippen LogP contribution is -2.44. The number of allylic oxidation sites excluding steroid dienone is 5. The molecule has 1 aliphatic carbocycles. The van der Waals surface area contributed by atoms with Gasteiger partial charge in [0.25, 0.3) is 0 Å². The van der Waals surface area contributed by atoms with E-state index in [2.05, 4.69) is 38.5 Å². The Morgan fingerprint density at radius 2 is 2.00 bits per heavy atom. The molecule has 2 aliphatic heterocycles. The Labute approximate surface area is 233 Å². The van der Waals surface area contributed by atoms with Crippen LogP contribution < -0.4 is 11.1 Å². The average molecular weight is 539 g/mol. The minimum Gasteiger partial charge on any atom is -0.386 e. The van der Waals surface area contributed by atoms with E-state index < -0.39 is 0 Å². The van der Waals surface area contributed by atoms with Crippen molar-refractivity contribution in [1.82, 2.24) is 29.7 Å². The lowest BCUT2D eigenvalue weighted by molar-refractivity contribution is -0.132. The van der Waals surface area contributed by atoms with E-state index in [4.69, 9.17) is 15.9 Å². The molecular weight excluding hydrogens is 504 g/mol. The highest BCUT2D eigenvalue weighted by Crippen LogP contribution is 2.35. The Hall–Kier alpha value is -4.28. The predicted molar refractivity (Wildman–Crippen MR) is 155 cm³/mol. The van der Waals surface area contributed by atoms with E-state index in [0.717, 1.165) is 47.4 Å². The predicted octanol–water partition coefficient (Wildman–Crippen LogP) is 2.61. The second-order valence-corrected chi connectivity index (χ2v) is 10.4. The Bertz CT molecular complexity index is 1500. The number of nitrogens with two attached hydrogens (primary N) is 1. The van der Waals surface area contributed by atoms with E-state index >= 15 is 0 Å². The molecule has 1 amide bonds. The molecule has 2 saturated heterocycles. The monoisotopic (exact) mass is 538 g/mol. The smallest absolute Gasteiger partial charge is 0.236 e. The van der Waals surface area contributed by atoms with E-state index in [1.807, 2.05) is 52.0 Å². The van der Waals surface area contributed by atoms with Gasteiger partial charge in [0.2, 0.25) is 5.91 Å². The zero-order valence-corrected chi connectivity index (χ0v) is 22.4. The number of amides is 1. The lowest BCUT2D eigenvalue weighted by Gasteiger charge is -2.28. The van der Waals surface area contributed by atoms with Crippen LogP contribution in [0.2, 0.25) is 0 Å². The van der Waals surface area contributed by atoms with Crippen LogP contribution in [-0.2, 0) is 16.1 Å². The number of rotatable bonds is 7. The van der Waals surface area contributed by atoms with Crippen LogP contribution in [0.1, 0.15) is 29.2 Å². The quantitative estimate of drug-likeness (QED) is 0.422. The maximum absolute atomic E-state index is 13.0. The first-order valence-electron chi connectivity index (χ1n) is 13.7. The minimum atomic E-state index is 0.134. The van der Waals surface area contributed by atoms with Crippen LogP contribution in [0.15, 0.2) is 72.7 Å². The van der Waals surface area contributed by atoms with Crippen LogP contribution in [-0.4, -0.2) is 82.0 Å². The van der Waals surface area contributed by atoms with Gasteiger partial charge in [-0.1, -0.05) is 42.5 Å². The largest absolute Gasteiger partial charge is 0.386 e. The number of hydrogen-bond donors (Lipinski definition) is 3. The van der Waals surface area contributed by atoms with Gasteiger partial charge in [-0.15, -0.1) is 0 Å². The number of ether oxygens (including phenoxy) is 1. The number of morpholine rings is 1. The van der Waals surface area contributed by atoms with Crippen molar-refractivity contribution in [2.24, 2.45) is 0 Å². The van der Waals surface area contributed by atoms with Crippen LogP contribution >= 0.6 is 0 Å². The summed E-state index contributed by atoms with van der Waals surface area (Å²) in [4.78, 5) is 21.4. The first-order valence-corrected chi connectivity index (χ1v) is 13.7. The molecule has 6 rings (SSSR count). The molecule has 10 heteroatoms. The molecule has 0 saturated carbocycles. The minimum absolute atomic E-state index is 0.134. The normalized spacial score (nSPS) is 20.9. The van der Waals surface area contributed by atoms with Gasteiger partial charge in [-0.2, -0.15) is 5.10 Å². The summed E-state index contributed by atoms with van der Waals surface area (Å²) in [5.74, 6) is 0.682. The second-order valence-electron chi connectivity index (χ2n) is 10.4. The summed E-state index contributed by atoms with van der Waals surface area (Å²) in [5, 5.41) is 16.5. The molecule has 0 radical (unpaired) electrons. The maximum Gasteiger partial charge on any atom is 0.236 e. The molecule has 1 aromatic carbocycles. The number of carbonyl (C=O) groups excluding carboxylic acids is 1. The number of nitrogens with zero attached hydrogens (tertiary/aromatic N) is 5. The third-order valence-corrected chi connectivity index (χ3v) is 7.80. The van der Waals surface area contributed by atoms with Crippen molar-refractivity contribution in [2.75, 3.05) is 51.7 Å².